The molecule has 0 unspecified atom stereocenters. The first-order valence-electron chi connectivity index (χ1n) is 11.1. The zero-order valence-corrected chi connectivity index (χ0v) is 20.4. The van der Waals surface area contributed by atoms with Crippen molar-refractivity contribution in [1.29, 1.82) is 0 Å². The first-order valence-corrected chi connectivity index (χ1v) is 12.4. The van der Waals surface area contributed by atoms with Crippen LogP contribution in [0.1, 0.15) is 19.0 Å². The number of hydrogen-bond acceptors (Lipinski definition) is 8. The highest BCUT2D eigenvalue weighted by molar-refractivity contribution is 7.98. The molecule has 2 N–H and O–H groups in total. The zero-order valence-electron chi connectivity index (χ0n) is 19.6. The summed E-state index contributed by atoms with van der Waals surface area (Å²) in [5, 5.41) is 3.45. The number of ether oxygens (including phenoxy) is 2. The summed E-state index contributed by atoms with van der Waals surface area (Å²) in [4.78, 5) is 33.7. The fraction of sp³-hybridized carbons (Fsp3) is 0.240. The Morgan fingerprint density at radius 2 is 1.92 bits per heavy atom. The second kappa shape index (κ2) is 10.1. The molecule has 4 heterocycles. The van der Waals surface area contributed by atoms with Crippen LogP contribution in [0, 0.1) is 11.2 Å². The van der Waals surface area contributed by atoms with Crippen LogP contribution in [0.2, 0.25) is 0 Å². The number of hydrogen-bond donors (Lipinski definition) is 2. The van der Waals surface area contributed by atoms with Crippen LogP contribution in [-0.4, -0.2) is 50.3 Å². The number of benzene rings is 1. The molecule has 9 nitrogen and oxygen atoms in total. The fourth-order valence-electron chi connectivity index (χ4n) is 3.70. The van der Waals surface area contributed by atoms with E-state index in [0.29, 0.717) is 39.3 Å². The minimum atomic E-state index is -0.901. The van der Waals surface area contributed by atoms with Crippen molar-refractivity contribution in [3.8, 4) is 22.6 Å². The van der Waals surface area contributed by atoms with Gasteiger partial charge in [0.25, 0.3) is 0 Å². The van der Waals surface area contributed by atoms with E-state index in [1.807, 2.05) is 6.26 Å². The van der Waals surface area contributed by atoms with E-state index < -0.39 is 11.7 Å². The van der Waals surface area contributed by atoms with Crippen molar-refractivity contribution in [3.63, 3.8) is 0 Å². The molecule has 1 aliphatic rings. The number of rotatable bonds is 6. The summed E-state index contributed by atoms with van der Waals surface area (Å²) in [6.07, 6.45) is 5.95. The lowest BCUT2D eigenvalue weighted by molar-refractivity contribution is -0.229. The number of carbonyl (C=O) groups is 1. The van der Waals surface area contributed by atoms with Gasteiger partial charge in [-0.25, -0.2) is 19.3 Å². The lowest BCUT2D eigenvalue weighted by Gasteiger charge is -2.35. The van der Waals surface area contributed by atoms with Crippen LogP contribution in [0.15, 0.2) is 66.2 Å². The van der Waals surface area contributed by atoms with Crippen molar-refractivity contribution in [2.45, 2.75) is 18.4 Å². The molecule has 1 fully saturated rings. The molecule has 5 rings (SSSR count). The van der Waals surface area contributed by atoms with Gasteiger partial charge in [0, 0.05) is 18.0 Å². The molecule has 36 heavy (non-hydrogen) atoms. The Labute approximate surface area is 210 Å². The number of H-pyrrole nitrogens is 1. The number of anilines is 1. The molecule has 1 aliphatic heterocycles. The van der Waals surface area contributed by atoms with Gasteiger partial charge in [-0.3, -0.25) is 9.78 Å². The standard InChI is InChI=1S/C25H23FN6O3S/c1-25(23(33)29-17-4-3-10-27-12-17)13-34-22(35-14-25)21-31-19(15-5-7-16(26)8-6-15)20(32-21)18-9-11-28-24(30-18)36-2/h3-12,22H,13-14H2,1-2H3,(H,29,33)(H,31,32). The molecule has 184 valence electrons. The Morgan fingerprint density at radius 1 is 1.14 bits per heavy atom. The molecule has 3 aromatic heterocycles. The molecule has 0 spiro atoms. The molecule has 0 aliphatic carbocycles. The van der Waals surface area contributed by atoms with Gasteiger partial charge in [0.15, 0.2) is 11.0 Å². The molecular weight excluding hydrogens is 483 g/mol. The number of carbonyl (C=O) groups excluding carboxylic acids is 1. The Balaban J connectivity index is 1.40. The third kappa shape index (κ3) is 4.99. The summed E-state index contributed by atoms with van der Waals surface area (Å²) in [6, 6.07) is 11.3. The number of aromatic amines is 1. The lowest BCUT2D eigenvalue weighted by atomic mass is 9.91. The van der Waals surface area contributed by atoms with Crippen molar-refractivity contribution in [2.75, 3.05) is 24.8 Å². The molecule has 11 heteroatoms. The van der Waals surface area contributed by atoms with E-state index in [2.05, 4.69) is 25.3 Å². The van der Waals surface area contributed by atoms with Crippen LogP contribution in [0.3, 0.4) is 0 Å². The summed E-state index contributed by atoms with van der Waals surface area (Å²) in [7, 11) is 0. The summed E-state index contributed by atoms with van der Waals surface area (Å²) in [6.45, 7) is 2.02. The number of halogens is 1. The van der Waals surface area contributed by atoms with Gasteiger partial charge in [0.05, 0.1) is 47.6 Å². The number of thioether (sulfide) groups is 1. The highest BCUT2D eigenvalue weighted by atomic mass is 32.2. The van der Waals surface area contributed by atoms with E-state index in [-0.39, 0.29) is 24.9 Å². The Kier molecular flexibility index (Phi) is 6.77. The quantitative estimate of drug-likeness (QED) is 0.291. The van der Waals surface area contributed by atoms with Gasteiger partial charge in [0.1, 0.15) is 5.82 Å². The highest BCUT2D eigenvalue weighted by Gasteiger charge is 2.41. The van der Waals surface area contributed by atoms with E-state index >= 15 is 0 Å². The molecule has 4 aromatic rings. The first-order chi connectivity index (χ1) is 17.4. The second-order valence-corrected chi connectivity index (χ2v) is 9.26. The Hall–Kier alpha value is -3.67. The molecule has 0 radical (unpaired) electrons. The number of amides is 1. The SMILES string of the molecule is CSc1nccc(-c2[nH]c(C3OCC(C)(C(=O)Nc4cccnc4)CO3)nc2-c2ccc(F)cc2)n1. The molecule has 1 aromatic carbocycles. The van der Waals surface area contributed by atoms with Gasteiger partial charge < -0.3 is 19.8 Å². The monoisotopic (exact) mass is 506 g/mol. The Morgan fingerprint density at radius 3 is 2.61 bits per heavy atom. The summed E-state index contributed by atoms with van der Waals surface area (Å²) in [5.74, 6) is -0.152. The average Bonchev–Trinajstić information content (AvgIpc) is 3.35. The van der Waals surface area contributed by atoms with Crippen LogP contribution in [0.25, 0.3) is 22.6 Å². The molecular formula is C25H23FN6O3S. The number of aromatic nitrogens is 5. The number of nitrogens with zero attached hydrogens (tertiary/aromatic N) is 4. The van der Waals surface area contributed by atoms with Crippen molar-refractivity contribution < 1.29 is 18.7 Å². The van der Waals surface area contributed by atoms with Gasteiger partial charge in [-0.05, 0) is 55.6 Å². The maximum Gasteiger partial charge on any atom is 0.235 e. The van der Waals surface area contributed by atoms with Crippen LogP contribution < -0.4 is 5.32 Å². The number of imidazole rings is 1. The lowest BCUT2D eigenvalue weighted by Crippen LogP contribution is -2.45. The van der Waals surface area contributed by atoms with Gasteiger partial charge >= 0.3 is 0 Å². The first kappa shape index (κ1) is 24.0. The van der Waals surface area contributed by atoms with E-state index in [0.717, 1.165) is 0 Å². The zero-order chi connectivity index (χ0) is 25.1. The van der Waals surface area contributed by atoms with Crippen molar-refractivity contribution >= 4 is 23.4 Å². The number of nitrogens with one attached hydrogen (secondary N) is 2. The van der Waals surface area contributed by atoms with E-state index in [1.165, 1.54) is 23.9 Å². The van der Waals surface area contributed by atoms with Gasteiger partial charge in [-0.2, -0.15) is 0 Å². The fourth-order valence-corrected chi connectivity index (χ4v) is 4.06. The van der Waals surface area contributed by atoms with Gasteiger partial charge in [0.2, 0.25) is 12.2 Å². The smallest absolute Gasteiger partial charge is 0.235 e. The van der Waals surface area contributed by atoms with Crippen molar-refractivity contribution in [1.82, 2.24) is 24.9 Å². The van der Waals surface area contributed by atoms with Crippen LogP contribution in [0.5, 0.6) is 0 Å². The number of pyridine rings is 1. The summed E-state index contributed by atoms with van der Waals surface area (Å²) in [5.41, 5.74) is 2.23. The normalized spacial score (nSPS) is 19.7. The van der Waals surface area contributed by atoms with E-state index in [4.69, 9.17) is 14.5 Å². The van der Waals surface area contributed by atoms with Crippen LogP contribution >= 0.6 is 11.8 Å². The predicted octanol–water partition coefficient (Wildman–Crippen LogP) is 4.48. The minimum Gasteiger partial charge on any atom is -0.345 e. The largest absolute Gasteiger partial charge is 0.345 e. The highest BCUT2D eigenvalue weighted by Crippen LogP contribution is 2.36. The minimum absolute atomic E-state index is 0.121. The van der Waals surface area contributed by atoms with Crippen LogP contribution in [0.4, 0.5) is 10.1 Å². The average molecular weight is 507 g/mol. The van der Waals surface area contributed by atoms with E-state index in [9.17, 15) is 9.18 Å². The Bertz CT molecular complexity index is 1360. The van der Waals surface area contributed by atoms with Crippen molar-refractivity contribution in [2.24, 2.45) is 5.41 Å². The van der Waals surface area contributed by atoms with Crippen molar-refractivity contribution in [3.05, 3.63) is 72.7 Å². The summed E-state index contributed by atoms with van der Waals surface area (Å²) < 4.78 is 25.5. The maximum atomic E-state index is 13.6. The third-order valence-electron chi connectivity index (χ3n) is 5.71. The topological polar surface area (TPSA) is 115 Å². The summed E-state index contributed by atoms with van der Waals surface area (Å²) >= 11 is 1.42. The predicted molar refractivity (Wildman–Crippen MR) is 132 cm³/mol. The maximum absolute atomic E-state index is 13.6. The molecule has 0 bridgehead atoms. The molecule has 1 amide bonds. The second-order valence-electron chi connectivity index (χ2n) is 8.49. The third-order valence-corrected chi connectivity index (χ3v) is 6.27. The van der Waals surface area contributed by atoms with Gasteiger partial charge in [-0.15, -0.1) is 0 Å². The molecule has 0 saturated carbocycles. The molecule has 0 atom stereocenters. The molecule has 1 saturated heterocycles. The van der Waals surface area contributed by atoms with E-state index in [1.54, 1.807) is 55.8 Å². The van der Waals surface area contributed by atoms with Gasteiger partial charge in [-0.1, -0.05) is 11.8 Å². The van der Waals surface area contributed by atoms with Crippen LogP contribution in [-0.2, 0) is 14.3 Å².